The Hall–Kier alpha value is -2.24. The highest BCUT2D eigenvalue weighted by atomic mass is 16.5. The van der Waals surface area contributed by atoms with Gasteiger partial charge in [-0.3, -0.25) is 4.79 Å². The zero-order chi connectivity index (χ0) is 20.5. The van der Waals surface area contributed by atoms with E-state index >= 15 is 0 Å². The van der Waals surface area contributed by atoms with E-state index in [1.165, 1.54) is 18.4 Å². The molecule has 0 bridgehead atoms. The van der Waals surface area contributed by atoms with Crippen molar-refractivity contribution >= 4 is 11.9 Å². The van der Waals surface area contributed by atoms with Gasteiger partial charge in [0.25, 0.3) is 0 Å². The smallest absolute Gasteiger partial charge is 0.220 e. The Labute approximate surface area is 174 Å². The summed E-state index contributed by atoms with van der Waals surface area (Å²) in [6.07, 6.45) is 8.77. The van der Waals surface area contributed by atoms with Crippen molar-refractivity contribution in [2.24, 2.45) is 4.99 Å². The van der Waals surface area contributed by atoms with Crippen molar-refractivity contribution in [1.82, 2.24) is 16.0 Å². The molecule has 0 unspecified atom stereocenters. The number of hydrogen-bond acceptors (Lipinski definition) is 3. The predicted octanol–water partition coefficient (Wildman–Crippen LogP) is 3.43. The van der Waals surface area contributed by atoms with E-state index in [2.05, 4.69) is 48.0 Å². The summed E-state index contributed by atoms with van der Waals surface area (Å²) in [5.74, 6) is 1.90. The van der Waals surface area contributed by atoms with Crippen LogP contribution in [-0.4, -0.2) is 37.1 Å². The third kappa shape index (κ3) is 7.59. The SMILES string of the molecule is CCNC(=NCc1ccc(C)cc1OC1CCCC1)NCCCC(=O)NC1CC1. The van der Waals surface area contributed by atoms with Gasteiger partial charge < -0.3 is 20.7 Å². The number of amides is 1. The molecule has 0 saturated heterocycles. The van der Waals surface area contributed by atoms with Crippen LogP contribution in [-0.2, 0) is 11.3 Å². The monoisotopic (exact) mass is 400 g/mol. The first-order valence-corrected chi connectivity index (χ1v) is 11.2. The van der Waals surface area contributed by atoms with E-state index in [-0.39, 0.29) is 5.91 Å². The molecule has 2 aliphatic rings. The van der Waals surface area contributed by atoms with Gasteiger partial charge in [-0.15, -0.1) is 0 Å². The number of carbonyl (C=O) groups is 1. The predicted molar refractivity (Wildman–Crippen MR) is 117 cm³/mol. The highest BCUT2D eigenvalue weighted by molar-refractivity contribution is 5.80. The zero-order valence-electron chi connectivity index (χ0n) is 17.9. The van der Waals surface area contributed by atoms with E-state index in [1.54, 1.807) is 0 Å². The van der Waals surface area contributed by atoms with Crippen LogP contribution in [0.2, 0.25) is 0 Å². The van der Waals surface area contributed by atoms with Crippen LogP contribution in [0, 0.1) is 6.92 Å². The second kappa shape index (κ2) is 11.1. The molecule has 0 aromatic heterocycles. The minimum Gasteiger partial charge on any atom is -0.490 e. The van der Waals surface area contributed by atoms with E-state index in [9.17, 15) is 4.79 Å². The van der Waals surface area contributed by atoms with E-state index in [0.717, 1.165) is 62.5 Å². The van der Waals surface area contributed by atoms with E-state index in [1.807, 2.05) is 0 Å². The van der Waals surface area contributed by atoms with Gasteiger partial charge >= 0.3 is 0 Å². The maximum absolute atomic E-state index is 11.8. The molecule has 3 N–H and O–H groups in total. The first-order chi connectivity index (χ1) is 14.1. The summed E-state index contributed by atoms with van der Waals surface area (Å²) in [5, 5.41) is 9.65. The minimum absolute atomic E-state index is 0.157. The molecule has 2 aliphatic carbocycles. The topological polar surface area (TPSA) is 74.8 Å². The summed E-state index contributed by atoms with van der Waals surface area (Å²) in [5.41, 5.74) is 2.32. The molecule has 3 rings (SSSR count). The fraction of sp³-hybridized carbons (Fsp3) is 0.652. The van der Waals surface area contributed by atoms with E-state index < -0.39 is 0 Å². The first-order valence-electron chi connectivity index (χ1n) is 11.2. The standard InChI is InChI=1S/C23H36N4O2/c1-3-24-23(25-14-6-9-22(28)27-19-12-13-19)26-16-18-11-10-17(2)15-21(18)29-20-7-4-5-8-20/h10-11,15,19-20H,3-9,12-14,16H2,1-2H3,(H,27,28)(H2,24,25,26). The van der Waals surface area contributed by atoms with Crippen molar-refractivity contribution in [3.63, 3.8) is 0 Å². The van der Waals surface area contributed by atoms with Crippen LogP contribution in [0.1, 0.15) is 69.4 Å². The summed E-state index contributed by atoms with van der Waals surface area (Å²) in [7, 11) is 0. The lowest BCUT2D eigenvalue weighted by atomic mass is 10.1. The molecule has 0 spiro atoms. The molecule has 6 heteroatoms. The minimum atomic E-state index is 0.157. The van der Waals surface area contributed by atoms with Crippen LogP contribution in [0.15, 0.2) is 23.2 Å². The van der Waals surface area contributed by atoms with Crippen LogP contribution in [0.3, 0.4) is 0 Å². The zero-order valence-corrected chi connectivity index (χ0v) is 17.9. The van der Waals surface area contributed by atoms with Gasteiger partial charge in [0.2, 0.25) is 5.91 Å². The van der Waals surface area contributed by atoms with Crippen LogP contribution < -0.4 is 20.7 Å². The van der Waals surface area contributed by atoms with Crippen LogP contribution in [0.4, 0.5) is 0 Å². The maximum atomic E-state index is 11.8. The number of nitrogens with one attached hydrogen (secondary N) is 3. The summed E-state index contributed by atoms with van der Waals surface area (Å²) in [6.45, 7) is 6.25. The molecule has 0 atom stereocenters. The Morgan fingerprint density at radius 3 is 2.69 bits per heavy atom. The Bertz CT molecular complexity index is 694. The number of ether oxygens (including phenoxy) is 1. The van der Waals surface area contributed by atoms with Crippen LogP contribution in [0.5, 0.6) is 5.75 Å². The number of guanidine groups is 1. The largest absolute Gasteiger partial charge is 0.490 e. The number of nitrogens with zero attached hydrogens (tertiary/aromatic N) is 1. The highest BCUT2D eigenvalue weighted by Gasteiger charge is 2.22. The normalized spacial score (nSPS) is 17.2. The van der Waals surface area contributed by atoms with Gasteiger partial charge in [-0.1, -0.05) is 12.1 Å². The van der Waals surface area contributed by atoms with E-state index in [0.29, 0.717) is 25.1 Å². The number of aliphatic imine (C=N–C) groups is 1. The number of benzene rings is 1. The van der Waals surface area contributed by atoms with Crippen molar-refractivity contribution in [3.05, 3.63) is 29.3 Å². The van der Waals surface area contributed by atoms with Crippen molar-refractivity contribution in [1.29, 1.82) is 0 Å². The quantitative estimate of drug-likeness (QED) is 0.320. The van der Waals surface area contributed by atoms with Crippen molar-refractivity contribution in [2.45, 2.75) is 83.9 Å². The van der Waals surface area contributed by atoms with Gasteiger partial charge in [0.05, 0.1) is 12.6 Å². The lowest BCUT2D eigenvalue weighted by Gasteiger charge is -2.17. The summed E-state index contributed by atoms with van der Waals surface area (Å²) in [6, 6.07) is 6.80. The average Bonchev–Trinajstić information content (AvgIpc) is 3.36. The van der Waals surface area contributed by atoms with Crippen molar-refractivity contribution in [2.75, 3.05) is 13.1 Å². The average molecular weight is 401 g/mol. The fourth-order valence-electron chi connectivity index (χ4n) is 3.58. The van der Waals surface area contributed by atoms with Gasteiger partial charge in [-0.25, -0.2) is 4.99 Å². The van der Waals surface area contributed by atoms with Crippen LogP contribution >= 0.6 is 0 Å². The summed E-state index contributed by atoms with van der Waals surface area (Å²) in [4.78, 5) is 16.5. The number of rotatable bonds is 10. The number of carbonyl (C=O) groups excluding carboxylic acids is 1. The molecule has 29 heavy (non-hydrogen) atoms. The van der Waals surface area contributed by atoms with Crippen molar-refractivity contribution in [3.8, 4) is 5.75 Å². The fourth-order valence-corrected chi connectivity index (χ4v) is 3.58. The third-order valence-corrected chi connectivity index (χ3v) is 5.39. The lowest BCUT2D eigenvalue weighted by molar-refractivity contribution is -0.121. The molecule has 0 radical (unpaired) electrons. The molecule has 1 aromatic carbocycles. The second-order valence-electron chi connectivity index (χ2n) is 8.20. The van der Waals surface area contributed by atoms with Gasteiger partial charge in [-0.2, -0.15) is 0 Å². The Balaban J connectivity index is 1.51. The van der Waals surface area contributed by atoms with Crippen molar-refractivity contribution < 1.29 is 9.53 Å². The Kier molecular flexibility index (Phi) is 8.20. The molecular formula is C23H36N4O2. The molecule has 1 amide bonds. The molecule has 2 fully saturated rings. The Morgan fingerprint density at radius 1 is 1.17 bits per heavy atom. The van der Waals surface area contributed by atoms with Gasteiger partial charge in [0, 0.05) is 31.1 Å². The maximum Gasteiger partial charge on any atom is 0.220 e. The van der Waals surface area contributed by atoms with Crippen LogP contribution in [0.25, 0.3) is 0 Å². The molecule has 160 valence electrons. The molecule has 0 aliphatic heterocycles. The van der Waals surface area contributed by atoms with Gasteiger partial charge in [0.15, 0.2) is 5.96 Å². The molecule has 6 nitrogen and oxygen atoms in total. The van der Waals surface area contributed by atoms with Gasteiger partial charge in [-0.05, 0) is 70.4 Å². The third-order valence-electron chi connectivity index (χ3n) is 5.39. The number of hydrogen-bond donors (Lipinski definition) is 3. The van der Waals surface area contributed by atoms with E-state index in [4.69, 9.17) is 9.73 Å². The lowest BCUT2D eigenvalue weighted by Crippen LogP contribution is -2.38. The number of aryl methyl sites for hydroxylation is 1. The molecule has 0 heterocycles. The first kappa shape index (κ1) is 21.5. The summed E-state index contributed by atoms with van der Waals surface area (Å²) < 4.78 is 6.29. The van der Waals surface area contributed by atoms with Gasteiger partial charge in [0.1, 0.15) is 5.75 Å². The molecular weight excluding hydrogens is 364 g/mol. The summed E-state index contributed by atoms with van der Waals surface area (Å²) >= 11 is 0. The molecule has 1 aromatic rings. The molecule has 2 saturated carbocycles. The Morgan fingerprint density at radius 2 is 1.97 bits per heavy atom. The second-order valence-corrected chi connectivity index (χ2v) is 8.20. The highest BCUT2D eigenvalue weighted by Crippen LogP contribution is 2.28.